The second-order valence-corrected chi connectivity index (χ2v) is 9.54. The summed E-state index contributed by atoms with van der Waals surface area (Å²) in [6.45, 7) is 2.82. The number of hydrogen-bond acceptors (Lipinski definition) is 2. The molecule has 2 N–H and O–H groups in total. The van der Waals surface area contributed by atoms with E-state index in [2.05, 4.69) is 59.6 Å². The highest BCUT2D eigenvalue weighted by Crippen LogP contribution is 2.39. The summed E-state index contributed by atoms with van der Waals surface area (Å²) < 4.78 is 1.87. The van der Waals surface area contributed by atoms with Crippen LogP contribution in [0.25, 0.3) is 0 Å². The Bertz CT molecular complexity index is 821. The topological polar surface area (TPSA) is 37.0 Å². The zero-order valence-corrected chi connectivity index (χ0v) is 19.9. The van der Waals surface area contributed by atoms with Gasteiger partial charge in [0.2, 0.25) is 0 Å². The minimum absolute atomic E-state index is 0.0921. The Morgan fingerprint density at radius 1 is 1.19 bits per heavy atom. The second-order valence-electron chi connectivity index (χ2n) is 7.05. The van der Waals surface area contributed by atoms with E-state index in [0.717, 1.165) is 44.7 Å². The maximum atomic E-state index is 6.09. The molecule has 0 atom stereocenters. The third kappa shape index (κ3) is 5.03. The number of hydrogen-bond donors (Lipinski definition) is 2. The molecule has 3 rings (SSSR count). The lowest BCUT2D eigenvalue weighted by molar-refractivity contribution is 0.292. The minimum Gasteiger partial charge on any atom is -0.362 e. The Morgan fingerprint density at radius 2 is 1.85 bits per heavy atom. The third-order valence-corrected chi connectivity index (χ3v) is 7.56. The molecule has 1 fully saturated rings. The number of pyridine rings is 1. The van der Waals surface area contributed by atoms with Crippen LogP contribution < -0.4 is 10.6 Å². The van der Waals surface area contributed by atoms with Gasteiger partial charge in [-0.15, -0.1) is 0 Å². The Labute approximate surface area is 187 Å². The van der Waals surface area contributed by atoms with E-state index >= 15 is 0 Å². The van der Waals surface area contributed by atoms with Gasteiger partial charge in [-0.25, -0.2) is 4.98 Å². The van der Waals surface area contributed by atoms with Crippen LogP contribution in [0.5, 0.6) is 0 Å². The average Bonchev–Trinajstić information content (AvgIpc) is 2.68. The fourth-order valence-electron chi connectivity index (χ4n) is 3.65. The average molecular weight is 532 g/mol. The zero-order valence-electron chi connectivity index (χ0n) is 15.1. The molecule has 1 heterocycles. The summed E-state index contributed by atoms with van der Waals surface area (Å²) in [6.07, 6.45) is 7.87. The Hall–Kier alpha value is -0.690. The molecule has 7 heteroatoms. The first-order valence-electron chi connectivity index (χ1n) is 9.03. The van der Waals surface area contributed by atoms with Crippen molar-refractivity contribution in [2.24, 2.45) is 0 Å². The van der Waals surface area contributed by atoms with Crippen LogP contribution in [0, 0.1) is 6.92 Å². The van der Waals surface area contributed by atoms with Gasteiger partial charge >= 0.3 is 0 Å². The fourth-order valence-corrected chi connectivity index (χ4v) is 4.92. The normalized spacial score (nSPS) is 16.0. The summed E-state index contributed by atoms with van der Waals surface area (Å²) in [7, 11) is 0. The van der Waals surface area contributed by atoms with Gasteiger partial charge in [0.15, 0.2) is 5.11 Å². The van der Waals surface area contributed by atoms with Crippen LogP contribution in [-0.4, -0.2) is 16.6 Å². The van der Waals surface area contributed by atoms with Gasteiger partial charge in [-0.05, 0) is 87.1 Å². The van der Waals surface area contributed by atoms with Gasteiger partial charge in [0.05, 0.1) is 4.47 Å². The van der Waals surface area contributed by atoms with E-state index in [1.807, 2.05) is 19.1 Å². The van der Waals surface area contributed by atoms with Gasteiger partial charge in [-0.3, -0.25) is 0 Å². The summed E-state index contributed by atoms with van der Waals surface area (Å²) >= 11 is 18.7. The van der Waals surface area contributed by atoms with E-state index in [9.17, 15) is 0 Å². The van der Waals surface area contributed by atoms with Crippen molar-refractivity contribution in [1.29, 1.82) is 0 Å². The van der Waals surface area contributed by atoms with Crippen molar-refractivity contribution >= 4 is 66.6 Å². The molecule has 1 saturated carbocycles. The molecule has 0 spiro atoms. The number of rotatable bonds is 4. The summed E-state index contributed by atoms with van der Waals surface area (Å²) in [4.78, 5) is 4.41. The van der Waals surface area contributed by atoms with E-state index in [1.165, 1.54) is 24.8 Å². The van der Waals surface area contributed by atoms with E-state index in [4.69, 9.17) is 23.8 Å². The van der Waals surface area contributed by atoms with Gasteiger partial charge in [-0.1, -0.05) is 43.0 Å². The van der Waals surface area contributed by atoms with Crippen LogP contribution >= 0.6 is 55.7 Å². The fraction of sp³-hybridized carbons (Fsp3) is 0.400. The van der Waals surface area contributed by atoms with E-state index < -0.39 is 0 Å². The van der Waals surface area contributed by atoms with Crippen LogP contribution in [0.3, 0.4) is 0 Å². The number of anilines is 1. The first kappa shape index (κ1) is 21.0. The van der Waals surface area contributed by atoms with Crippen molar-refractivity contribution in [3.8, 4) is 0 Å². The van der Waals surface area contributed by atoms with Gasteiger partial charge in [0.1, 0.15) is 5.82 Å². The molecule has 3 nitrogen and oxygen atoms in total. The number of aromatic nitrogens is 1. The number of halogens is 3. The van der Waals surface area contributed by atoms with Gasteiger partial charge in [-0.2, -0.15) is 0 Å². The van der Waals surface area contributed by atoms with Gasteiger partial charge in [0.25, 0.3) is 0 Å². The molecule has 2 aromatic rings. The summed E-state index contributed by atoms with van der Waals surface area (Å²) in [6, 6.07) is 8.27. The van der Waals surface area contributed by atoms with Crippen molar-refractivity contribution in [2.75, 3.05) is 11.9 Å². The maximum Gasteiger partial charge on any atom is 0.172 e. The Kier molecular flexibility index (Phi) is 7.17. The molecule has 1 aromatic carbocycles. The molecular formula is C20H22Br2ClN3S. The van der Waals surface area contributed by atoms with Crippen LogP contribution in [0.15, 0.2) is 39.4 Å². The summed E-state index contributed by atoms with van der Waals surface area (Å²) in [5.41, 5.74) is 2.51. The van der Waals surface area contributed by atoms with E-state index in [0.29, 0.717) is 5.11 Å². The van der Waals surface area contributed by atoms with Gasteiger partial charge in [0, 0.05) is 27.7 Å². The molecule has 0 aliphatic heterocycles. The Morgan fingerprint density at radius 3 is 2.52 bits per heavy atom. The number of benzene rings is 1. The quantitative estimate of drug-likeness (QED) is 0.428. The second kappa shape index (κ2) is 9.21. The third-order valence-electron chi connectivity index (χ3n) is 5.29. The highest BCUT2D eigenvalue weighted by molar-refractivity contribution is 9.11. The predicted octanol–water partition coefficient (Wildman–Crippen LogP) is 6.76. The highest BCUT2D eigenvalue weighted by atomic mass is 79.9. The van der Waals surface area contributed by atoms with Crippen molar-refractivity contribution in [3.63, 3.8) is 0 Å². The summed E-state index contributed by atoms with van der Waals surface area (Å²) in [5.74, 6) is 0.720. The molecule has 144 valence electrons. The van der Waals surface area contributed by atoms with Crippen LogP contribution in [0.2, 0.25) is 5.02 Å². The molecule has 0 bridgehead atoms. The van der Waals surface area contributed by atoms with E-state index in [-0.39, 0.29) is 5.41 Å². The molecular weight excluding hydrogens is 510 g/mol. The number of thiocarbonyl (C=S) groups is 1. The molecule has 27 heavy (non-hydrogen) atoms. The highest BCUT2D eigenvalue weighted by Gasteiger charge is 2.34. The first-order chi connectivity index (χ1) is 12.9. The van der Waals surface area contributed by atoms with Crippen molar-refractivity contribution in [1.82, 2.24) is 10.3 Å². The maximum absolute atomic E-state index is 6.09. The standard InChI is InChI=1S/C20H22Br2ClN3S/c1-13-16(21)11-24-18(17(13)22)26-19(27)25-12-20(9-3-2-4-10-20)14-5-7-15(23)8-6-14/h5-8,11H,2-4,9-10,12H2,1H3,(H2,24,25,26,27). The summed E-state index contributed by atoms with van der Waals surface area (Å²) in [5, 5.41) is 8.01. The lowest BCUT2D eigenvalue weighted by Crippen LogP contribution is -2.43. The Balaban J connectivity index is 1.71. The molecule has 0 amide bonds. The van der Waals surface area contributed by atoms with Crippen LogP contribution in [0.1, 0.15) is 43.2 Å². The minimum atomic E-state index is 0.0921. The van der Waals surface area contributed by atoms with Crippen LogP contribution in [0.4, 0.5) is 5.82 Å². The molecule has 0 saturated heterocycles. The number of nitrogens with one attached hydrogen (secondary N) is 2. The molecule has 1 aromatic heterocycles. The van der Waals surface area contributed by atoms with Crippen molar-refractivity contribution in [3.05, 3.63) is 55.6 Å². The van der Waals surface area contributed by atoms with E-state index in [1.54, 1.807) is 6.20 Å². The van der Waals surface area contributed by atoms with Crippen LogP contribution in [-0.2, 0) is 5.41 Å². The SMILES string of the molecule is Cc1c(Br)cnc(NC(=S)NCC2(c3ccc(Cl)cc3)CCCCC2)c1Br. The largest absolute Gasteiger partial charge is 0.362 e. The predicted molar refractivity (Wildman–Crippen MR) is 125 cm³/mol. The van der Waals surface area contributed by atoms with Crippen molar-refractivity contribution < 1.29 is 0 Å². The van der Waals surface area contributed by atoms with Gasteiger partial charge < -0.3 is 10.6 Å². The lowest BCUT2D eigenvalue weighted by Gasteiger charge is -2.38. The molecule has 0 unspecified atom stereocenters. The monoisotopic (exact) mass is 529 g/mol. The zero-order chi connectivity index (χ0) is 19.4. The molecule has 1 aliphatic rings. The molecule has 1 aliphatic carbocycles. The molecule has 0 radical (unpaired) electrons. The first-order valence-corrected chi connectivity index (χ1v) is 11.4. The smallest absolute Gasteiger partial charge is 0.172 e. The lowest BCUT2D eigenvalue weighted by atomic mass is 9.69. The number of nitrogens with zero attached hydrogens (tertiary/aromatic N) is 1. The van der Waals surface area contributed by atoms with Crippen molar-refractivity contribution in [2.45, 2.75) is 44.4 Å².